The minimum atomic E-state index is 0.0274. The molecule has 0 aliphatic carbocycles. The Hall–Kier alpha value is -0.570. The molecule has 2 rings (SSSR count). The summed E-state index contributed by atoms with van der Waals surface area (Å²) in [6, 6.07) is 6.29. The maximum Gasteiger partial charge on any atom is 0.0789 e. The molecule has 0 atom stereocenters. The third kappa shape index (κ3) is 1.54. The molecule has 14 heavy (non-hydrogen) atoms. The molecule has 0 fully saturated rings. The van der Waals surface area contributed by atoms with Crippen LogP contribution in [0.25, 0.3) is 10.1 Å². The van der Waals surface area contributed by atoms with E-state index in [-0.39, 0.29) is 6.61 Å². The van der Waals surface area contributed by atoms with Gasteiger partial charge in [0, 0.05) is 15.0 Å². The zero-order valence-electron chi connectivity index (χ0n) is 7.88. The molecule has 1 heterocycles. The van der Waals surface area contributed by atoms with Gasteiger partial charge in [0.05, 0.1) is 11.6 Å². The summed E-state index contributed by atoms with van der Waals surface area (Å²) >= 11 is 7.70. The van der Waals surface area contributed by atoms with Crippen molar-refractivity contribution in [2.75, 3.05) is 0 Å². The first-order chi connectivity index (χ1) is 6.76. The number of halogens is 1. The second kappa shape index (κ2) is 3.89. The largest absolute Gasteiger partial charge is 0.391 e. The number of rotatable bonds is 2. The topological polar surface area (TPSA) is 20.2 Å². The Morgan fingerprint density at radius 2 is 2.21 bits per heavy atom. The summed E-state index contributed by atoms with van der Waals surface area (Å²) in [5, 5.41) is 10.9. The van der Waals surface area contributed by atoms with Gasteiger partial charge in [0.15, 0.2) is 0 Å². The van der Waals surface area contributed by atoms with Crippen LogP contribution in [0.3, 0.4) is 0 Å². The van der Waals surface area contributed by atoms with E-state index >= 15 is 0 Å². The molecule has 0 amide bonds. The molecule has 1 aromatic carbocycles. The smallest absolute Gasteiger partial charge is 0.0789 e. The monoisotopic (exact) mass is 226 g/mol. The average molecular weight is 227 g/mol. The van der Waals surface area contributed by atoms with Crippen LogP contribution in [0.1, 0.15) is 17.4 Å². The summed E-state index contributed by atoms with van der Waals surface area (Å²) in [6.07, 6.45) is 1.01. The van der Waals surface area contributed by atoms with Gasteiger partial charge in [-0.15, -0.1) is 11.3 Å². The molecule has 1 aromatic heterocycles. The number of aliphatic hydroxyl groups is 1. The molecular formula is C11H11ClOS. The number of hydrogen-bond acceptors (Lipinski definition) is 2. The summed E-state index contributed by atoms with van der Waals surface area (Å²) < 4.78 is 1.15. The highest BCUT2D eigenvalue weighted by Gasteiger charge is 2.09. The molecule has 0 bridgehead atoms. The highest BCUT2D eigenvalue weighted by Crippen LogP contribution is 2.35. The van der Waals surface area contributed by atoms with Gasteiger partial charge in [-0.25, -0.2) is 0 Å². The van der Waals surface area contributed by atoms with Crippen LogP contribution in [-0.4, -0.2) is 5.11 Å². The van der Waals surface area contributed by atoms with Gasteiger partial charge in [0.1, 0.15) is 0 Å². The molecule has 0 spiro atoms. The third-order valence-electron chi connectivity index (χ3n) is 2.31. The predicted octanol–water partition coefficient (Wildman–Crippen LogP) is 3.61. The van der Waals surface area contributed by atoms with Crippen molar-refractivity contribution in [3.8, 4) is 0 Å². The van der Waals surface area contributed by atoms with E-state index in [4.69, 9.17) is 16.7 Å². The maximum absolute atomic E-state index is 9.07. The van der Waals surface area contributed by atoms with E-state index in [1.165, 1.54) is 5.56 Å². The van der Waals surface area contributed by atoms with Gasteiger partial charge >= 0.3 is 0 Å². The first-order valence-electron chi connectivity index (χ1n) is 4.57. The standard InChI is InChI=1S/C11H11ClOS/c1-2-7-3-4-9-8(5-7)11(12)10(6-13)14-9/h3-5,13H,2,6H2,1H3. The van der Waals surface area contributed by atoms with Crippen molar-refractivity contribution in [1.82, 2.24) is 0 Å². The van der Waals surface area contributed by atoms with Crippen LogP contribution in [0.4, 0.5) is 0 Å². The molecule has 74 valence electrons. The van der Waals surface area contributed by atoms with Crippen LogP contribution >= 0.6 is 22.9 Å². The lowest BCUT2D eigenvalue weighted by atomic mass is 10.1. The van der Waals surface area contributed by atoms with Gasteiger partial charge < -0.3 is 5.11 Å². The van der Waals surface area contributed by atoms with Crippen molar-refractivity contribution in [1.29, 1.82) is 0 Å². The minimum Gasteiger partial charge on any atom is -0.391 e. The summed E-state index contributed by atoms with van der Waals surface area (Å²) in [5.74, 6) is 0. The zero-order chi connectivity index (χ0) is 10.1. The van der Waals surface area contributed by atoms with E-state index in [0.29, 0.717) is 5.02 Å². The van der Waals surface area contributed by atoms with E-state index < -0.39 is 0 Å². The van der Waals surface area contributed by atoms with E-state index in [9.17, 15) is 0 Å². The zero-order valence-corrected chi connectivity index (χ0v) is 9.45. The minimum absolute atomic E-state index is 0.0274. The third-order valence-corrected chi connectivity index (χ3v) is 4.01. The maximum atomic E-state index is 9.07. The predicted molar refractivity (Wildman–Crippen MR) is 62.1 cm³/mol. The van der Waals surface area contributed by atoms with Crippen LogP contribution < -0.4 is 0 Å². The van der Waals surface area contributed by atoms with E-state index in [1.807, 2.05) is 0 Å². The molecule has 0 aliphatic rings. The molecule has 0 aliphatic heterocycles. The van der Waals surface area contributed by atoms with Gasteiger partial charge in [-0.05, 0) is 24.1 Å². The highest BCUT2D eigenvalue weighted by atomic mass is 35.5. The number of benzene rings is 1. The van der Waals surface area contributed by atoms with Crippen molar-refractivity contribution >= 4 is 33.0 Å². The second-order valence-electron chi connectivity index (χ2n) is 3.18. The number of hydrogen-bond donors (Lipinski definition) is 1. The van der Waals surface area contributed by atoms with Gasteiger partial charge in [0.2, 0.25) is 0 Å². The summed E-state index contributed by atoms with van der Waals surface area (Å²) in [5.41, 5.74) is 1.28. The van der Waals surface area contributed by atoms with Crippen molar-refractivity contribution < 1.29 is 5.11 Å². The lowest BCUT2D eigenvalue weighted by Crippen LogP contribution is -1.78. The van der Waals surface area contributed by atoms with Gasteiger partial charge in [-0.1, -0.05) is 24.6 Å². The van der Waals surface area contributed by atoms with Crippen LogP contribution in [0.5, 0.6) is 0 Å². The number of aryl methyl sites for hydroxylation is 1. The fourth-order valence-corrected chi connectivity index (χ4v) is 2.81. The Bertz CT molecular complexity index is 462. The fourth-order valence-electron chi connectivity index (χ4n) is 1.49. The van der Waals surface area contributed by atoms with Gasteiger partial charge in [-0.3, -0.25) is 0 Å². The summed E-state index contributed by atoms with van der Waals surface area (Å²) in [6.45, 7) is 2.15. The van der Waals surface area contributed by atoms with E-state index in [0.717, 1.165) is 21.4 Å². The molecule has 0 saturated carbocycles. The highest BCUT2D eigenvalue weighted by molar-refractivity contribution is 7.19. The first kappa shape index (κ1) is 9.97. The molecule has 0 radical (unpaired) electrons. The van der Waals surface area contributed by atoms with E-state index in [2.05, 4.69) is 25.1 Å². The molecule has 0 saturated heterocycles. The number of thiophene rings is 1. The number of aliphatic hydroxyl groups excluding tert-OH is 1. The van der Waals surface area contributed by atoms with Crippen molar-refractivity contribution in [3.63, 3.8) is 0 Å². The Morgan fingerprint density at radius 3 is 2.86 bits per heavy atom. The molecular weight excluding hydrogens is 216 g/mol. The lowest BCUT2D eigenvalue weighted by Gasteiger charge is -1.96. The van der Waals surface area contributed by atoms with Crippen LogP contribution in [-0.2, 0) is 13.0 Å². The average Bonchev–Trinajstić information content (AvgIpc) is 2.55. The SMILES string of the molecule is CCc1ccc2sc(CO)c(Cl)c2c1. The molecule has 3 heteroatoms. The summed E-state index contributed by atoms with van der Waals surface area (Å²) in [4.78, 5) is 0.856. The Morgan fingerprint density at radius 1 is 1.43 bits per heavy atom. The normalized spacial score (nSPS) is 11.1. The first-order valence-corrected chi connectivity index (χ1v) is 5.76. The molecule has 2 aromatic rings. The number of fused-ring (bicyclic) bond motifs is 1. The van der Waals surface area contributed by atoms with Crippen molar-refractivity contribution in [2.24, 2.45) is 0 Å². The quantitative estimate of drug-likeness (QED) is 0.830. The second-order valence-corrected chi connectivity index (χ2v) is 4.70. The van der Waals surface area contributed by atoms with Gasteiger partial charge in [0.25, 0.3) is 0 Å². The Labute approximate surface area is 91.9 Å². The van der Waals surface area contributed by atoms with Crippen LogP contribution in [0.15, 0.2) is 18.2 Å². The molecule has 1 N–H and O–H groups in total. The Kier molecular flexibility index (Phi) is 2.77. The lowest BCUT2D eigenvalue weighted by molar-refractivity contribution is 0.285. The Balaban J connectivity index is 2.68. The van der Waals surface area contributed by atoms with E-state index in [1.54, 1.807) is 11.3 Å². The van der Waals surface area contributed by atoms with Crippen LogP contribution in [0.2, 0.25) is 5.02 Å². The molecule has 1 nitrogen and oxygen atoms in total. The van der Waals surface area contributed by atoms with Crippen molar-refractivity contribution in [3.05, 3.63) is 33.7 Å². The summed E-state index contributed by atoms with van der Waals surface area (Å²) in [7, 11) is 0. The van der Waals surface area contributed by atoms with Crippen molar-refractivity contribution in [2.45, 2.75) is 20.0 Å². The van der Waals surface area contributed by atoms with Crippen LogP contribution in [0, 0.1) is 0 Å². The van der Waals surface area contributed by atoms with Gasteiger partial charge in [-0.2, -0.15) is 0 Å². The fraction of sp³-hybridized carbons (Fsp3) is 0.273. The molecule has 0 unspecified atom stereocenters.